The fourth-order valence-corrected chi connectivity index (χ4v) is 7.12. The topological polar surface area (TPSA) is 150 Å². The number of aromatic nitrogens is 3. The normalized spacial score (nSPS) is 15.3. The molecule has 2 aliphatic heterocycles. The zero-order chi connectivity index (χ0) is 36.5. The Hall–Kier alpha value is -5.29. The van der Waals surface area contributed by atoms with E-state index in [2.05, 4.69) is 63.7 Å². The van der Waals surface area contributed by atoms with Gasteiger partial charge in [0.05, 0.1) is 17.6 Å². The quantitative estimate of drug-likeness (QED) is 0.0414. The molecule has 1 aromatic heterocycles. The molecule has 1 fully saturated rings. The Morgan fingerprint density at radius 1 is 1.06 bits per heavy atom. The van der Waals surface area contributed by atoms with Crippen LogP contribution in [0.1, 0.15) is 88.0 Å². The molecule has 4 aromatic rings. The average molecular weight is 720 g/mol. The number of benzene rings is 3. The molecule has 12 nitrogen and oxygen atoms in total. The summed E-state index contributed by atoms with van der Waals surface area (Å²) in [6.07, 6.45) is 7.68. The van der Waals surface area contributed by atoms with Crippen molar-refractivity contribution in [2.24, 2.45) is 0 Å². The second-order valence-electron chi connectivity index (χ2n) is 13.1. The lowest BCUT2D eigenvalue weighted by atomic mass is 10.0. The molecule has 0 aliphatic carbocycles. The molecule has 1 atom stereocenters. The van der Waals surface area contributed by atoms with Gasteiger partial charge in [-0.05, 0) is 92.5 Å². The molecule has 0 radical (unpaired) electrons. The summed E-state index contributed by atoms with van der Waals surface area (Å²) in [6.45, 7) is 2.27. The van der Waals surface area contributed by atoms with Gasteiger partial charge in [0.1, 0.15) is 6.04 Å². The van der Waals surface area contributed by atoms with E-state index in [4.69, 9.17) is 5.21 Å². The van der Waals surface area contributed by atoms with Crippen LogP contribution >= 0.6 is 11.8 Å². The van der Waals surface area contributed by atoms with Crippen molar-refractivity contribution >= 4 is 35.4 Å². The number of fused-ring (bicyclic) bond motifs is 1. The molecular weight excluding hydrogens is 679 g/mol. The summed E-state index contributed by atoms with van der Waals surface area (Å²) in [5.74, 6) is 5.72. The number of hydroxylamine groups is 1. The van der Waals surface area contributed by atoms with Gasteiger partial charge in [0.15, 0.2) is 0 Å². The first-order chi connectivity index (χ1) is 25.3. The standard InChI is InChI=1S/C39H41N7O5S/c1-44(23-28-12-15-33(16-13-28)52-26-31-25-46(43-41-31)32-11-8-10-29(22-32)37(48)42-51)20-7-5-3-2-4-6-9-27-14-17-34-30(21-27)24-45(39(34)50)35-18-19-36(47)40-38(35)49/h8,10-17,21-22,25,35,51H,2-5,7,18-20,23-24,26H2,1H3,(H,42,48)(H,40,47,49). The first-order valence-corrected chi connectivity index (χ1v) is 18.4. The Morgan fingerprint density at radius 2 is 1.88 bits per heavy atom. The van der Waals surface area contributed by atoms with Crippen LogP contribution in [0.3, 0.4) is 0 Å². The van der Waals surface area contributed by atoms with E-state index in [0.717, 1.165) is 66.9 Å². The highest BCUT2D eigenvalue weighted by Gasteiger charge is 2.39. The first-order valence-electron chi connectivity index (χ1n) is 17.4. The van der Waals surface area contributed by atoms with Crippen molar-refractivity contribution in [2.45, 2.75) is 74.7 Å². The number of nitrogens with zero attached hydrogens (tertiary/aromatic N) is 5. The number of amides is 4. The van der Waals surface area contributed by atoms with E-state index < -0.39 is 17.9 Å². The van der Waals surface area contributed by atoms with Crippen LogP contribution in [0.25, 0.3) is 5.69 Å². The predicted octanol–water partition coefficient (Wildman–Crippen LogP) is 4.87. The van der Waals surface area contributed by atoms with Gasteiger partial charge in [0, 0.05) is 53.3 Å². The Labute approximate surface area is 306 Å². The number of carbonyl (C=O) groups excluding carboxylic acids is 4. The summed E-state index contributed by atoms with van der Waals surface area (Å²) in [4.78, 5) is 53.4. The van der Waals surface area contributed by atoms with Gasteiger partial charge >= 0.3 is 0 Å². The fourth-order valence-electron chi connectivity index (χ4n) is 6.35. The van der Waals surface area contributed by atoms with Crippen LogP contribution in [0.2, 0.25) is 0 Å². The maximum absolute atomic E-state index is 12.9. The number of unbranched alkanes of at least 4 members (excludes halogenated alkanes) is 4. The smallest absolute Gasteiger partial charge is 0.274 e. The zero-order valence-electron chi connectivity index (χ0n) is 29.0. The Bertz CT molecular complexity index is 2000. The number of imide groups is 1. The van der Waals surface area contributed by atoms with E-state index in [-0.39, 0.29) is 18.2 Å². The number of carbonyl (C=O) groups is 4. The van der Waals surface area contributed by atoms with E-state index in [9.17, 15) is 19.2 Å². The van der Waals surface area contributed by atoms with Gasteiger partial charge in [0.25, 0.3) is 11.8 Å². The van der Waals surface area contributed by atoms with Gasteiger partial charge in [-0.25, -0.2) is 10.2 Å². The lowest BCUT2D eigenvalue weighted by molar-refractivity contribution is -0.136. The molecule has 3 aromatic carbocycles. The van der Waals surface area contributed by atoms with E-state index in [1.807, 2.05) is 24.4 Å². The van der Waals surface area contributed by atoms with Gasteiger partial charge in [-0.3, -0.25) is 29.7 Å². The van der Waals surface area contributed by atoms with Crippen molar-refractivity contribution in [3.63, 3.8) is 0 Å². The molecule has 268 valence electrons. The molecule has 0 spiro atoms. The van der Waals surface area contributed by atoms with Crippen molar-refractivity contribution in [1.29, 1.82) is 0 Å². The summed E-state index contributed by atoms with van der Waals surface area (Å²) in [5.41, 5.74) is 7.07. The minimum atomic E-state index is -0.609. The first kappa shape index (κ1) is 36.5. The van der Waals surface area contributed by atoms with Gasteiger partial charge in [-0.1, -0.05) is 48.1 Å². The lowest BCUT2D eigenvalue weighted by Crippen LogP contribution is -2.52. The maximum Gasteiger partial charge on any atom is 0.274 e. The third-order valence-electron chi connectivity index (χ3n) is 9.13. The van der Waals surface area contributed by atoms with Crippen LogP contribution in [0.4, 0.5) is 0 Å². The number of thioether (sulfide) groups is 1. The molecule has 2 aliphatic rings. The summed E-state index contributed by atoms with van der Waals surface area (Å²) in [7, 11) is 2.15. The van der Waals surface area contributed by atoms with Gasteiger partial charge < -0.3 is 9.80 Å². The largest absolute Gasteiger partial charge is 0.322 e. The van der Waals surface area contributed by atoms with Crippen molar-refractivity contribution < 1.29 is 24.4 Å². The lowest BCUT2D eigenvalue weighted by Gasteiger charge is -2.29. The average Bonchev–Trinajstić information content (AvgIpc) is 3.76. The Balaban J connectivity index is 0.856. The van der Waals surface area contributed by atoms with Crippen LogP contribution in [0.15, 0.2) is 77.8 Å². The summed E-state index contributed by atoms with van der Waals surface area (Å²) >= 11 is 1.68. The van der Waals surface area contributed by atoms with E-state index >= 15 is 0 Å². The molecule has 6 rings (SSSR count). The van der Waals surface area contributed by atoms with Crippen molar-refractivity contribution in [3.8, 4) is 17.5 Å². The minimum Gasteiger partial charge on any atom is -0.322 e. The second kappa shape index (κ2) is 17.3. The monoisotopic (exact) mass is 719 g/mol. The number of rotatable bonds is 14. The number of piperidine rings is 1. The summed E-state index contributed by atoms with van der Waals surface area (Å²) < 4.78 is 1.61. The van der Waals surface area contributed by atoms with Crippen molar-refractivity contribution in [2.75, 3.05) is 13.6 Å². The molecule has 52 heavy (non-hydrogen) atoms. The summed E-state index contributed by atoms with van der Waals surface area (Å²) in [5, 5.41) is 19.7. The number of hydrogen-bond donors (Lipinski definition) is 3. The van der Waals surface area contributed by atoms with Crippen LogP contribution in [0.5, 0.6) is 0 Å². The van der Waals surface area contributed by atoms with Crippen LogP contribution in [-0.2, 0) is 28.4 Å². The van der Waals surface area contributed by atoms with Crippen LogP contribution in [0, 0.1) is 11.8 Å². The van der Waals surface area contributed by atoms with Gasteiger partial charge in [-0.15, -0.1) is 16.9 Å². The highest BCUT2D eigenvalue weighted by Crippen LogP contribution is 2.28. The molecular formula is C39H41N7O5S. The van der Waals surface area contributed by atoms with E-state index in [1.165, 1.54) is 5.56 Å². The third-order valence-corrected chi connectivity index (χ3v) is 10.2. The maximum atomic E-state index is 12.9. The van der Waals surface area contributed by atoms with Gasteiger partial charge in [-0.2, -0.15) is 0 Å². The Morgan fingerprint density at radius 3 is 2.69 bits per heavy atom. The minimum absolute atomic E-state index is 0.169. The van der Waals surface area contributed by atoms with Gasteiger partial charge in [0.2, 0.25) is 11.8 Å². The number of hydrogen-bond acceptors (Lipinski definition) is 9. The molecule has 0 saturated carbocycles. The highest BCUT2D eigenvalue weighted by atomic mass is 32.2. The highest BCUT2D eigenvalue weighted by molar-refractivity contribution is 7.98. The number of nitrogens with one attached hydrogen (secondary N) is 2. The van der Waals surface area contributed by atoms with E-state index in [0.29, 0.717) is 35.5 Å². The fraction of sp³-hybridized carbons (Fsp3) is 0.333. The Kier molecular flexibility index (Phi) is 12.1. The SMILES string of the molecule is CN(CCCCCCC#Cc1ccc2c(c1)CN(C1CCC(=O)NC1=O)C2=O)Cc1ccc(SCc2cn(-c3cccc(C(=O)NO)c3)nn2)cc1. The van der Waals surface area contributed by atoms with Crippen molar-refractivity contribution in [1.82, 2.24) is 35.6 Å². The molecule has 1 unspecified atom stereocenters. The second-order valence-corrected chi connectivity index (χ2v) is 14.1. The molecule has 0 bridgehead atoms. The predicted molar refractivity (Wildman–Crippen MR) is 195 cm³/mol. The van der Waals surface area contributed by atoms with Crippen LogP contribution < -0.4 is 10.8 Å². The molecule has 13 heteroatoms. The molecule has 1 saturated heterocycles. The molecule has 3 heterocycles. The van der Waals surface area contributed by atoms with E-state index in [1.54, 1.807) is 51.1 Å². The van der Waals surface area contributed by atoms with Crippen LogP contribution in [-0.4, -0.2) is 73.3 Å². The third kappa shape index (κ3) is 9.33. The summed E-state index contributed by atoms with van der Waals surface area (Å²) in [6, 6.07) is 20.4. The molecule has 3 N–H and O–H groups in total. The zero-order valence-corrected chi connectivity index (χ0v) is 29.8. The molecule has 4 amide bonds. The van der Waals surface area contributed by atoms with Crippen molar-refractivity contribution in [3.05, 3.63) is 106 Å².